The van der Waals surface area contributed by atoms with Gasteiger partial charge in [-0.1, -0.05) is 18.9 Å². The van der Waals surface area contributed by atoms with Crippen LogP contribution >= 0.6 is 0 Å². The van der Waals surface area contributed by atoms with Crippen LogP contribution in [0.5, 0.6) is 0 Å². The topological polar surface area (TPSA) is 101 Å². The summed E-state index contributed by atoms with van der Waals surface area (Å²) in [5, 5.41) is 12.1. The molecule has 1 saturated carbocycles. The van der Waals surface area contributed by atoms with Crippen molar-refractivity contribution in [2.75, 3.05) is 38.5 Å². The lowest BCUT2D eigenvalue weighted by molar-refractivity contribution is 0.0580. The minimum absolute atomic E-state index is 0.127. The monoisotopic (exact) mass is 487 g/mol. The minimum atomic E-state index is -0.366. The predicted octanol–water partition coefficient (Wildman–Crippen LogP) is 4.54. The van der Waals surface area contributed by atoms with Crippen LogP contribution in [0.3, 0.4) is 0 Å². The van der Waals surface area contributed by atoms with Crippen molar-refractivity contribution in [2.24, 2.45) is 5.41 Å². The molecule has 190 valence electrons. The molecule has 3 heterocycles. The molecule has 36 heavy (non-hydrogen) atoms. The molecule has 1 amide bonds. The Labute approximate surface area is 213 Å². The third kappa shape index (κ3) is 4.82. The first-order valence-electron chi connectivity index (χ1n) is 13.2. The summed E-state index contributed by atoms with van der Waals surface area (Å²) in [6.07, 6.45) is 12.4. The number of imidazole rings is 1. The number of nitriles is 1. The van der Waals surface area contributed by atoms with Gasteiger partial charge in [-0.2, -0.15) is 5.26 Å². The van der Waals surface area contributed by atoms with E-state index in [0.29, 0.717) is 11.1 Å². The molecule has 5 rings (SSSR count). The van der Waals surface area contributed by atoms with Gasteiger partial charge in [-0.3, -0.25) is 9.69 Å². The van der Waals surface area contributed by atoms with E-state index in [2.05, 4.69) is 52.1 Å². The number of likely N-dealkylation sites (N-methyl/N-ethyl adjacent to an activating group) is 1. The second-order valence-corrected chi connectivity index (χ2v) is 11.3. The lowest BCUT2D eigenvalue weighted by Gasteiger charge is -2.43. The van der Waals surface area contributed by atoms with Crippen LogP contribution < -0.4 is 5.32 Å². The zero-order valence-electron chi connectivity index (χ0n) is 21.7. The molecule has 8 nitrogen and oxygen atoms in total. The lowest BCUT2D eigenvalue weighted by Crippen LogP contribution is -2.52. The van der Waals surface area contributed by atoms with Gasteiger partial charge in [-0.15, -0.1) is 0 Å². The predicted molar refractivity (Wildman–Crippen MR) is 140 cm³/mol. The number of rotatable bonds is 5. The van der Waals surface area contributed by atoms with E-state index >= 15 is 0 Å². The van der Waals surface area contributed by atoms with Crippen LogP contribution in [0.4, 0.5) is 5.69 Å². The van der Waals surface area contributed by atoms with E-state index in [1.807, 2.05) is 18.2 Å². The number of aromatic amines is 1. The fraction of sp³-hybridized carbons (Fsp3) is 0.571. The van der Waals surface area contributed by atoms with Gasteiger partial charge in [0.2, 0.25) is 0 Å². The molecule has 2 aliphatic carbocycles. The number of hydrogen-bond donors (Lipinski definition) is 2. The molecule has 2 aromatic heterocycles. The highest BCUT2D eigenvalue weighted by molar-refractivity contribution is 6.03. The van der Waals surface area contributed by atoms with Gasteiger partial charge >= 0.3 is 0 Å². The zero-order valence-corrected chi connectivity index (χ0v) is 21.7. The molecule has 8 heteroatoms. The number of hydrogen-bond acceptors (Lipinski definition) is 6. The lowest BCUT2D eigenvalue weighted by atomic mass is 9.73. The molecule has 1 aliphatic heterocycles. The Balaban J connectivity index is 1.47. The number of carbonyl (C=O) groups excluding carboxylic acids is 1. The van der Waals surface area contributed by atoms with E-state index in [-0.39, 0.29) is 23.0 Å². The van der Waals surface area contributed by atoms with Crippen LogP contribution in [0.1, 0.15) is 86.5 Å². The molecule has 0 bridgehead atoms. The van der Waals surface area contributed by atoms with Crippen molar-refractivity contribution < 1.29 is 4.79 Å². The number of aromatic nitrogens is 3. The van der Waals surface area contributed by atoms with Crippen molar-refractivity contribution >= 4 is 17.2 Å². The van der Waals surface area contributed by atoms with Gasteiger partial charge in [-0.05, 0) is 76.1 Å². The number of allylic oxidation sites excluding steroid dienone is 2. The van der Waals surface area contributed by atoms with Crippen LogP contribution in [0.2, 0.25) is 0 Å². The summed E-state index contributed by atoms with van der Waals surface area (Å²) in [7, 11) is 2.17. The number of H-pyrrole nitrogens is 1. The van der Waals surface area contributed by atoms with Crippen molar-refractivity contribution in [3.63, 3.8) is 0 Å². The molecule has 2 fully saturated rings. The summed E-state index contributed by atoms with van der Waals surface area (Å²) in [5.41, 5.74) is 4.24. The second-order valence-electron chi connectivity index (χ2n) is 11.3. The summed E-state index contributed by atoms with van der Waals surface area (Å²) in [5.74, 6) is -0.240. The second kappa shape index (κ2) is 9.79. The van der Waals surface area contributed by atoms with Crippen LogP contribution in [0.25, 0.3) is 5.57 Å². The highest BCUT2D eigenvalue weighted by Gasteiger charge is 2.37. The highest BCUT2D eigenvalue weighted by atomic mass is 16.2. The summed E-state index contributed by atoms with van der Waals surface area (Å²) in [6, 6.07) is 5.99. The van der Waals surface area contributed by atoms with E-state index in [4.69, 9.17) is 10.2 Å². The molecule has 1 saturated heterocycles. The van der Waals surface area contributed by atoms with Crippen molar-refractivity contribution in [1.82, 2.24) is 24.8 Å². The number of nitrogens with one attached hydrogen (secondary N) is 2. The number of anilines is 1. The number of amides is 1. The first-order valence-corrected chi connectivity index (χ1v) is 13.2. The summed E-state index contributed by atoms with van der Waals surface area (Å²) >= 11 is 0. The van der Waals surface area contributed by atoms with Gasteiger partial charge in [-0.25, -0.2) is 9.97 Å². The largest absolute Gasteiger partial charge is 0.339 e. The van der Waals surface area contributed by atoms with E-state index in [9.17, 15) is 4.79 Å². The number of piperazine rings is 1. The molecule has 3 aliphatic rings. The molecular formula is C28H37N7O. The van der Waals surface area contributed by atoms with E-state index in [0.717, 1.165) is 50.4 Å². The Kier molecular flexibility index (Phi) is 6.71. The number of nitrogens with zero attached hydrogens (tertiary/aromatic N) is 5. The van der Waals surface area contributed by atoms with Crippen molar-refractivity contribution in [1.29, 1.82) is 5.26 Å². The third-order valence-electron chi connectivity index (χ3n) is 8.65. The smallest absolute Gasteiger partial charge is 0.291 e. The normalized spacial score (nSPS) is 20.8. The minimum Gasteiger partial charge on any atom is -0.339 e. The molecular weight excluding hydrogens is 450 g/mol. The Hall–Kier alpha value is -3.02. The average Bonchev–Trinajstić information content (AvgIpc) is 3.55. The Morgan fingerprint density at radius 3 is 2.53 bits per heavy atom. The maximum absolute atomic E-state index is 13.0. The quantitative estimate of drug-likeness (QED) is 0.642. The Bertz CT molecular complexity index is 1190. The van der Waals surface area contributed by atoms with Gasteiger partial charge in [0, 0.05) is 32.4 Å². The number of carbonyl (C=O) groups is 1. The number of pyridine rings is 1. The molecule has 0 atom stereocenters. The van der Waals surface area contributed by atoms with Crippen LogP contribution in [0.15, 0.2) is 24.4 Å². The van der Waals surface area contributed by atoms with Crippen molar-refractivity contribution in [3.05, 3.63) is 47.3 Å². The molecule has 2 N–H and O–H groups in total. The summed E-state index contributed by atoms with van der Waals surface area (Å²) < 4.78 is 0. The Morgan fingerprint density at radius 1 is 1.14 bits per heavy atom. The fourth-order valence-electron chi connectivity index (χ4n) is 6.09. The standard InChI is InChI=1S/C28H37N7O/c1-27(2,35-16-14-34(3)15-17-35)23-7-6-22(32-26(36)25-30-19-21(18-29)31-25)24(33-23)20-8-12-28(13-9-20)10-4-5-11-28/h6-8,19H,4-5,9-17H2,1-3H3,(H,30,31)(H,32,36). The molecule has 0 radical (unpaired) electrons. The summed E-state index contributed by atoms with van der Waals surface area (Å²) in [4.78, 5) is 29.9. The van der Waals surface area contributed by atoms with Gasteiger partial charge < -0.3 is 15.2 Å². The maximum Gasteiger partial charge on any atom is 0.291 e. The SMILES string of the molecule is CN1CCN(C(C)(C)c2ccc(NC(=O)c3nc(C#N)c[nH]3)c(C3=CCC4(CCCC4)CC3)n2)CC1. The van der Waals surface area contributed by atoms with E-state index in [1.165, 1.54) is 43.9 Å². The van der Waals surface area contributed by atoms with Crippen LogP contribution in [-0.4, -0.2) is 63.9 Å². The average molecular weight is 488 g/mol. The van der Waals surface area contributed by atoms with Crippen LogP contribution in [0, 0.1) is 16.7 Å². The fourth-order valence-corrected chi connectivity index (χ4v) is 6.09. The third-order valence-corrected chi connectivity index (χ3v) is 8.65. The zero-order chi connectivity index (χ0) is 25.3. The maximum atomic E-state index is 13.0. The van der Waals surface area contributed by atoms with Crippen molar-refractivity contribution in [3.8, 4) is 6.07 Å². The van der Waals surface area contributed by atoms with Crippen LogP contribution in [-0.2, 0) is 5.54 Å². The molecule has 0 unspecified atom stereocenters. The molecule has 2 aromatic rings. The first kappa shape index (κ1) is 24.7. The van der Waals surface area contributed by atoms with Gasteiger partial charge in [0.1, 0.15) is 6.07 Å². The van der Waals surface area contributed by atoms with Gasteiger partial charge in [0.05, 0.1) is 22.6 Å². The van der Waals surface area contributed by atoms with Gasteiger partial charge in [0.25, 0.3) is 5.91 Å². The van der Waals surface area contributed by atoms with E-state index in [1.54, 1.807) is 0 Å². The van der Waals surface area contributed by atoms with Gasteiger partial charge in [0.15, 0.2) is 11.5 Å². The molecule has 1 spiro atoms. The first-order chi connectivity index (χ1) is 17.3. The molecule has 0 aromatic carbocycles. The van der Waals surface area contributed by atoms with Crippen molar-refractivity contribution in [2.45, 2.75) is 64.3 Å². The van der Waals surface area contributed by atoms with E-state index < -0.39 is 0 Å². The summed E-state index contributed by atoms with van der Waals surface area (Å²) in [6.45, 7) is 8.60. The Morgan fingerprint density at radius 2 is 1.89 bits per heavy atom. The highest BCUT2D eigenvalue weighted by Crippen LogP contribution is 2.50.